The summed E-state index contributed by atoms with van der Waals surface area (Å²) in [6, 6.07) is 13.5. The van der Waals surface area contributed by atoms with Crippen LogP contribution >= 0.6 is 11.6 Å². The Morgan fingerprint density at radius 2 is 1.74 bits per heavy atom. The molecule has 0 saturated carbocycles. The van der Waals surface area contributed by atoms with E-state index in [1.165, 1.54) is 16.1 Å². The number of benzene rings is 2. The summed E-state index contributed by atoms with van der Waals surface area (Å²) in [7, 11) is -3.73. The van der Waals surface area contributed by atoms with Crippen LogP contribution in [0.15, 0.2) is 53.4 Å². The van der Waals surface area contributed by atoms with Crippen molar-refractivity contribution in [1.82, 2.24) is 3.97 Å². The third-order valence-corrected chi connectivity index (χ3v) is 5.71. The van der Waals surface area contributed by atoms with Crippen LogP contribution in [-0.2, 0) is 10.0 Å². The second-order valence-electron chi connectivity index (χ2n) is 5.09. The molecule has 0 radical (unpaired) electrons. The van der Waals surface area contributed by atoms with Crippen molar-refractivity contribution >= 4 is 32.5 Å². The standard InChI is InChI=1S/C17H16ClNO3S/c1-3-22-17-12(2)19(16-7-5-4-6-15(16)17)23(20,21)14-10-8-13(18)9-11-14/h4-11H,3H2,1-2H3. The number of nitrogens with zero attached hydrogens (tertiary/aromatic N) is 1. The zero-order valence-corrected chi connectivity index (χ0v) is 14.4. The van der Waals surface area contributed by atoms with Crippen molar-refractivity contribution in [3.8, 4) is 5.75 Å². The molecule has 3 aromatic rings. The van der Waals surface area contributed by atoms with Crippen molar-refractivity contribution < 1.29 is 13.2 Å². The van der Waals surface area contributed by atoms with Gasteiger partial charge in [0.05, 0.1) is 22.7 Å². The predicted octanol–water partition coefficient (Wildman–Crippen LogP) is 4.24. The Kier molecular flexibility index (Phi) is 4.08. The Morgan fingerprint density at radius 3 is 2.39 bits per heavy atom. The van der Waals surface area contributed by atoms with Gasteiger partial charge >= 0.3 is 0 Å². The summed E-state index contributed by atoms with van der Waals surface area (Å²) in [4.78, 5) is 0.189. The highest BCUT2D eigenvalue weighted by Gasteiger charge is 2.25. The largest absolute Gasteiger partial charge is 0.491 e. The van der Waals surface area contributed by atoms with Gasteiger partial charge in [-0.3, -0.25) is 0 Å². The van der Waals surface area contributed by atoms with Crippen LogP contribution in [-0.4, -0.2) is 19.0 Å². The molecule has 1 heterocycles. The van der Waals surface area contributed by atoms with Gasteiger partial charge in [-0.05, 0) is 50.2 Å². The molecular weight excluding hydrogens is 334 g/mol. The molecular formula is C17H16ClNO3S. The third-order valence-electron chi connectivity index (χ3n) is 3.64. The number of fused-ring (bicyclic) bond motifs is 1. The van der Waals surface area contributed by atoms with Crippen molar-refractivity contribution in [2.75, 3.05) is 6.61 Å². The Labute approximate surface area is 140 Å². The topological polar surface area (TPSA) is 48.3 Å². The monoisotopic (exact) mass is 349 g/mol. The highest BCUT2D eigenvalue weighted by molar-refractivity contribution is 7.90. The second-order valence-corrected chi connectivity index (χ2v) is 7.31. The molecule has 0 bridgehead atoms. The maximum absolute atomic E-state index is 13.1. The normalized spacial score (nSPS) is 11.8. The Hall–Kier alpha value is -1.98. The van der Waals surface area contributed by atoms with Crippen LogP contribution in [0.2, 0.25) is 5.02 Å². The van der Waals surface area contributed by atoms with E-state index in [1.807, 2.05) is 25.1 Å². The highest BCUT2D eigenvalue weighted by Crippen LogP contribution is 2.35. The number of aromatic nitrogens is 1. The Balaban J connectivity index is 2.31. The van der Waals surface area contributed by atoms with E-state index in [4.69, 9.17) is 16.3 Å². The summed E-state index contributed by atoms with van der Waals surface area (Å²) < 4.78 is 33.1. The van der Waals surface area contributed by atoms with Gasteiger partial charge in [0.15, 0.2) is 0 Å². The lowest BCUT2D eigenvalue weighted by atomic mass is 10.2. The van der Waals surface area contributed by atoms with Gasteiger partial charge in [0, 0.05) is 10.4 Å². The lowest BCUT2D eigenvalue weighted by molar-refractivity contribution is 0.341. The molecule has 0 fully saturated rings. The number of rotatable bonds is 4. The maximum atomic E-state index is 13.1. The summed E-state index contributed by atoms with van der Waals surface area (Å²) in [6.45, 7) is 4.09. The molecule has 0 amide bonds. The minimum absolute atomic E-state index is 0.189. The van der Waals surface area contributed by atoms with Crippen LogP contribution in [0.1, 0.15) is 12.6 Å². The van der Waals surface area contributed by atoms with Gasteiger partial charge in [-0.1, -0.05) is 23.7 Å². The minimum Gasteiger partial charge on any atom is -0.491 e. The molecule has 0 aliphatic rings. The molecule has 4 nitrogen and oxygen atoms in total. The van der Waals surface area contributed by atoms with Crippen molar-refractivity contribution in [1.29, 1.82) is 0 Å². The average Bonchev–Trinajstić information content (AvgIpc) is 2.81. The summed E-state index contributed by atoms with van der Waals surface area (Å²) in [5.41, 5.74) is 1.16. The zero-order valence-electron chi connectivity index (χ0n) is 12.8. The quantitative estimate of drug-likeness (QED) is 0.707. The number of ether oxygens (including phenoxy) is 1. The zero-order chi connectivity index (χ0) is 16.6. The van der Waals surface area contributed by atoms with E-state index in [2.05, 4.69) is 0 Å². The van der Waals surface area contributed by atoms with Gasteiger partial charge in [0.2, 0.25) is 0 Å². The summed E-state index contributed by atoms with van der Waals surface area (Å²) in [5, 5.41) is 1.28. The van der Waals surface area contributed by atoms with Crippen molar-refractivity contribution in [3.05, 3.63) is 59.2 Å². The van der Waals surface area contributed by atoms with Gasteiger partial charge in [0.1, 0.15) is 5.75 Å². The summed E-state index contributed by atoms with van der Waals surface area (Å²) in [5.74, 6) is 0.598. The average molecular weight is 350 g/mol. The molecule has 0 aliphatic carbocycles. The first-order valence-corrected chi connectivity index (χ1v) is 9.02. The van der Waals surface area contributed by atoms with Gasteiger partial charge in [-0.15, -0.1) is 0 Å². The van der Waals surface area contributed by atoms with Gasteiger partial charge in [-0.2, -0.15) is 0 Å². The first kappa shape index (κ1) is 15.9. The van der Waals surface area contributed by atoms with E-state index in [0.29, 0.717) is 28.6 Å². The summed E-state index contributed by atoms with van der Waals surface area (Å²) >= 11 is 5.86. The number of para-hydroxylation sites is 1. The molecule has 120 valence electrons. The van der Waals surface area contributed by atoms with Crippen molar-refractivity contribution in [2.45, 2.75) is 18.7 Å². The molecule has 0 unspecified atom stereocenters. The lowest BCUT2D eigenvalue weighted by Gasteiger charge is -2.10. The van der Waals surface area contributed by atoms with Crippen LogP contribution in [0.3, 0.4) is 0 Å². The minimum atomic E-state index is -3.73. The second kappa shape index (κ2) is 5.91. The molecule has 0 saturated heterocycles. The van der Waals surface area contributed by atoms with E-state index in [-0.39, 0.29) is 4.90 Å². The third kappa shape index (κ3) is 2.60. The summed E-state index contributed by atoms with van der Waals surface area (Å²) in [6.07, 6.45) is 0. The van der Waals surface area contributed by atoms with E-state index < -0.39 is 10.0 Å². The lowest BCUT2D eigenvalue weighted by Crippen LogP contribution is -2.14. The van der Waals surface area contributed by atoms with E-state index in [0.717, 1.165) is 5.39 Å². The fourth-order valence-electron chi connectivity index (χ4n) is 2.66. The number of hydrogen-bond donors (Lipinski definition) is 0. The van der Waals surface area contributed by atoms with E-state index in [9.17, 15) is 8.42 Å². The first-order valence-electron chi connectivity index (χ1n) is 7.20. The van der Waals surface area contributed by atoms with Gasteiger partial charge in [0.25, 0.3) is 10.0 Å². The van der Waals surface area contributed by atoms with Crippen LogP contribution in [0.25, 0.3) is 10.9 Å². The first-order chi connectivity index (χ1) is 11.0. The van der Waals surface area contributed by atoms with Gasteiger partial charge in [-0.25, -0.2) is 12.4 Å². The smallest absolute Gasteiger partial charge is 0.268 e. The molecule has 0 spiro atoms. The van der Waals surface area contributed by atoms with Crippen LogP contribution in [0, 0.1) is 6.92 Å². The number of hydrogen-bond acceptors (Lipinski definition) is 3. The Bertz CT molecular complexity index is 959. The number of halogens is 1. The SMILES string of the molecule is CCOc1c(C)n(S(=O)(=O)c2ccc(Cl)cc2)c2ccccc12. The molecule has 23 heavy (non-hydrogen) atoms. The predicted molar refractivity (Wildman–Crippen MR) is 91.9 cm³/mol. The highest BCUT2D eigenvalue weighted by atomic mass is 35.5. The molecule has 1 aromatic heterocycles. The fourth-order valence-corrected chi connectivity index (χ4v) is 4.34. The van der Waals surface area contributed by atoms with E-state index >= 15 is 0 Å². The maximum Gasteiger partial charge on any atom is 0.268 e. The van der Waals surface area contributed by atoms with Crippen LogP contribution < -0.4 is 4.74 Å². The molecule has 0 atom stereocenters. The van der Waals surface area contributed by atoms with Crippen molar-refractivity contribution in [3.63, 3.8) is 0 Å². The fraction of sp³-hybridized carbons (Fsp3) is 0.176. The van der Waals surface area contributed by atoms with Crippen molar-refractivity contribution in [2.24, 2.45) is 0 Å². The molecule has 0 aliphatic heterocycles. The van der Waals surface area contributed by atoms with E-state index in [1.54, 1.807) is 25.1 Å². The molecule has 6 heteroatoms. The van der Waals surface area contributed by atoms with Crippen LogP contribution in [0.5, 0.6) is 5.75 Å². The molecule has 0 N–H and O–H groups in total. The van der Waals surface area contributed by atoms with Gasteiger partial charge < -0.3 is 4.74 Å². The molecule has 3 rings (SSSR count). The molecule has 2 aromatic carbocycles. The van der Waals surface area contributed by atoms with Crippen LogP contribution in [0.4, 0.5) is 0 Å². The Morgan fingerprint density at radius 1 is 1.09 bits per heavy atom.